The molecule has 2 aromatic heterocycles. The summed E-state index contributed by atoms with van der Waals surface area (Å²) in [7, 11) is 0. The maximum atomic E-state index is 12.6. The largest absolute Gasteiger partial charge is 0.452 e. The predicted molar refractivity (Wildman–Crippen MR) is 115 cm³/mol. The first kappa shape index (κ1) is 22.2. The third-order valence-electron chi connectivity index (χ3n) is 4.44. The molecule has 3 aromatic rings. The third-order valence-corrected chi connectivity index (χ3v) is 5.47. The maximum absolute atomic E-state index is 12.6. The average Bonchev–Trinajstić information content (AvgIpc) is 3.08. The van der Waals surface area contributed by atoms with Crippen molar-refractivity contribution in [2.24, 2.45) is 0 Å². The number of ether oxygens (including phenoxy) is 1. The number of anilines is 1. The number of aryl methyl sites for hydroxylation is 2. The molecule has 1 aromatic carbocycles. The molecule has 31 heavy (non-hydrogen) atoms. The molecular formula is C22H21N3O5S. The van der Waals surface area contributed by atoms with Gasteiger partial charge in [-0.2, -0.15) is 0 Å². The molecule has 0 atom stereocenters. The molecule has 0 bridgehead atoms. The highest BCUT2D eigenvalue weighted by atomic mass is 32.2. The maximum Gasteiger partial charge on any atom is 0.341 e. The van der Waals surface area contributed by atoms with E-state index in [1.54, 1.807) is 42.6 Å². The van der Waals surface area contributed by atoms with Gasteiger partial charge in [-0.15, -0.1) is 11.8 Å². The number of aromatic nitrogens is 2. The highest BCUT2D eigenvalue weighted by Gasteiger charge is 2.18. The van der Waals surface area contributed by atoms with Crippen molar-refractivity contribution in [1.29, 1.82) is 0 Å². The van der Waals surface area contributed by atoms with Crippen LogP contribution in [0.5, 0.6) is 0 Å². The van der Waals surface area contributed by atoms with Crippen molar-refractivity contribution >= 4 is 35.1 Å². The van der Waals surface area contributed by atoms with Crippen LogP contribution in [-0.4, -0.2) is 34.4 Å². The summed E-state index contributed by atoms with van der Waals surface area (Å²) in [5.74, 6) is -0.142. The molecule has 0 unspecified atom stereocenters. The molecule has 0 saturated heterocycles. The zero-order valence-electron chi connectivity index (χ0n) is 17.3. The number of esters is 1. The number of nitrogens with zero attached hydrogens (tertiary/aromatic N) is 2. The van der Waals surface area contributed by atoms with Crippen molar-refractivity contribution in [1.82, 2.24) is 10.1 Å². The van der Waals surface area contributed by atoms with Crippen LogP contribution in [0.25, 0.3) is 0 Å². The molecule has 1 amide bonds. The van der Waals surface area contributed by atoms with Gasteiger partial charge in [0.2, 0.25) is 0 Å². The second-order valence-corrected chi connectivity index (χ2v) is 7.64. The average molecular weight is 439 g/mol. The van der Waals surface area contributed by atoms with E-state index in [0.29, 0.717) is 27.8 Å². The zero-order valence-corrected chi connectivity index (χ0v) is 18.1. The minimum absolute atomic E-state index is 0.178. The number of para-hydroxylation sites is 1. The van der Waals surface area contributed by atoms with Crippen molar-refractivity contribution in [3.05, 3.63) is 70.7 Å². The Labute approximate surface area is 183 Å². The van der Waals surface area contributed by atoms with Crippen molar-refractivity contribution in [2.45, 2.75) is 31.6 Å². The lowest BCUT2D eigenvalue weighted by atomic mass is 10.1. The van der Waals surface area contributed by atoms with Gasteiger partial charge in [-0.05, 0) is 45.0 Å². The lowest BCUT2D eigenvalue weighted by Gasteiger charge is -2.10. The number of carbonyl (C=O) groups excluding carboxylic acids is 3. The normalized spacial score (nSPS) is 10.5. The van der Waals surface area contributed by atoms with Gasteiger partial charge in [0.05, 0.1) is 16.9 Å². The van der Waals surface area contributed by atoms with Crippen molar-refractivity contribution < 1.29 is 23.6 Å². The molecule has 0 spiro atoms. The van der Waals surface area contributed by atoms with Crippen molar-refractivity contribution in [3.63, 3.8) is 0 Å². The van der Waals surface area contributed by atoms with Gasteiger partial charge in [0.15, 0.2) is 12.4 Å². The molecule has 1 N–H and O–H groups in total. The van der Waals surface area contributed by atoms with Crippen LogP contribution in [0, 0.1) is 13.8 Å². The number of Topliss-reactive ketones (excluding diaryl/α,β-unsaturated/α-hetero) is 1. The smallest absolute Gasteiger partial charge is 0.341 e. The number of nitrogens with one attached hydrogen (secondary N) is 1. The van der Waals surface area contributed by atoms with E-state index in [1.807, 2.05) is 13.8 Å². The van der Waals surface area contributed by atoms with Gasteiger partial charge < -0.3 is 14.6 Å². The van der Waals surface area contributed by atoms with E-state index in [0.717, 1.165) is 11.3 Å². The van der Waals surface area contributed by atoms with Gasteiger partial charge >= 0.3 is 5.97 Å². The highest BCUT2D eigenvalue weighted by molar-refractivity contribution is 7.98. The molecule has 0 fully saturated rings. The summed E-state index contributed by atoms with van der Waals surface area (Å²) in [5, 5.41) is 7.00. The van der Waals surface area contributed by atoms with Gasteiger partial charge in [0, 0.05) is 23.1 Å². The fourth-order valence-corrected chi connectivity index (χ4v) is 3.94. The standard InChI is InChI=1S/C22H21N3O5S/c1-13-18(15(3)30-25-13)12-31-21-17(8-6-10-23-21)22(28)29-11-20(27)24-19-9-5-4-7-16(19)14(2)26/h4-10H,11-12H2,1-3H3,(H,24,27). The van der Waals surface area contributed by atoms with Gasteiger partial charge in [0.1, 0.15) is 10.8 Å². The van der Waals surface area contributed by atoms with E-state index in [9.17, 15) is 14.4 Å². The summed E-state index contributed by atoms with van der Waals surface area (Å²) in [6.45, 7) is 4.60. The summed E-state index contributed by atoms with van der Waals surface area (Å²) < 4.78 is 10.3. The van der Waals surface area contributed by atoms with E-state index in [-0.39, 0.29) is 11.3 Å². The third kappa shape index (κ3) is 5.58. The molecule has 8 nitrogen and oxygen atoms in total. The molecule has 160 valence electrons. The zero-order chi connectivity index (χ0) is 22.4. The van der Waals surface area contributed by atoms with Crippen molar-refractivity contribution in [3.8, 4) is 0 Å². The van der Waals surface area contributed by atoms with Crippen molar-refractivity contribution in [2.75, 3.05) is 11.9 Å². The lowest BCUT2D eigenvalue weighted by molar-refractivity contribution is -0.119. The minimum atomic E-state index is -0.663. The van der Waals surface area contributed by atoms with Gasteiger partial charge in [-0.25, -0.2) is 9.78 Å². The fraction of sp³-hybridized carbons (Fsp3) is 0.227. The Balaban J connectivity index is 1.62. The monoisotopic (exact) mass is 439 g/mol. The number of hydrogen-bond donors (Lipinski definition) is 1. The van der Waals surface area contributed by atoms with Gasteiger partial charge in [-0.1, -0.05) is 17.3 Å². The Morgan fingerprint density at radius 2 is 1.84 bits per heavy atom. The van der Waals surface area contributed by atoms with Crippen LogP contribution in [0.2, 0.25) is 0 Å². The Kier molecular flexibility index (Phi) is 7.19. The van der Waals surface area contributed by atoms with Gasteiger partial charge in [0.25, 0.3) is 5.91 Å². The Morgan fingerprint density at radius 1 is 1.10 bits per heavy atom. The summed E-state index contributed by atoms with van der Waals surface area (Å²) in [4.78, 5) is 40.7. The Hall–Kier alpha value is -3.46. The van der Waals surface area contributed by atoms with Crippen LogP contribution in [0.3, 0.4) is 0 Å². The number of carbonyl (C=O) groups is 3. The SMILES string of the molecule is CC(=O)c1ccccc1NC(=O)COC(=O)c1cccnc1SCc1c(C)noc1C. The first-order valence-electron chi connectivity index (χ1n) is 9.43. The predicted octanol–water partition coefficient (Wildman–Crippen LogP) is 3.98. The lowest BCUT2D eigenvalue weighted by Crippen LogP contribution is -2.22. The fourth-order valence-electron chi connectivity index (χ4n) is 2.80. The van der Waals surface area contributed by atoms with Crippen LogP contribution in [-0.2, 0) is 15.3 Å². The number of ketones is 1. The minimum Gasteiger partial charge on any atom is -0.452 e. The number of rotatable bonds is 8. The molecule has 0 radical (unpaired) electrons. The second kappa shape index (κ2) is 10.0. The van der Waals surface area contributed by atoms with Crippen LogP contribution in [0.15, 0.2) is 52.1 Å². The Morgan fingerprint density at radius 3 is 2.55 bits per heavy atom. The number of hydrogen-bond acceptors (Lipinski definition) is 8. The van der Waals surface area contributed by atoms with Crippen LogP contribution in [0.1, 0.15) is 44.7 Å². The molecule has 3 rings (SSSR count). The second-order valence-electron chi connectivity index (χ2n) is 6.67. The van der Waals surface area contributed by atoms with E-state index in [2.05, 4.69) is 15.5 Å². The molecular weight excluding hydrogens is 418 g/mol. The number of thioether (sulfide) groups is 1. The quantitative estimate of drug-likeness (QED) is 0.319. The summed E-state index contributed by atoms with van der Waals surface area (Å²) in [6, 6.07) is 9.85. The number of benzene rings is 1. The highest BCUT2D eigenvalue weighted by Crippen LogP contribution is 2.27. The summed E-state index contributed by atoms with van der Waals surface area (Å²) in [6.07, 6.45) is 1.58. The number of pyridine rings is 1. The first-order valence-corrected chi connectivity index (χ1v) is 10.4. The summed E-state index contributed by atoms with van der Waals surface area (Å²) >= 11 is 1.35. The van der Waals surface area contributed by atoms with E-state index in [4.69, 9.17) is 9.26 Å². The van der Waals surface area contributed by atoms with Crippen LogP contribution in [0.4, 0.5) is 5.69 Å². The molecule has 0 aliphatic heterocycles. The summed E-state index contributed by atoms with van der Waals surface area (Å²) in [5.41, 5.74) is 2.74. The van der Waals surface area contributed by atoms with Crippen LogP contribution < -0.4 is 5.32 Å². The van der Waals surface area contributed by atoms with E-state index >= 15 is 0 Å². The molecule has 9 heteroatoms. The number of amides is 1. The Bertz CT molecular complexity index is 1110. The first-order chi connectivity index (χ1) is 14.9. The van der Waals surface area contributed by atoms with Gasteiger partial charge in [-0.3, -0.25) is 9.59 Å². The molecule has 0 aliphatic carbocycles. The van der Waals surface area contributed by atoms with Crippen LogP contribution >= 0.6 is 11.8 Å². The molecule has 0 saturated carbocycles. The molecule has 2 heterocycles. The van der Waals surface area contributed by atoms with E-state index in [1.165, 1.54) is 18.7 Å². The van der Waals surface area contributed by atoms with E-state index < -0.39 is 18.5 Å². The molecule has 0 aliphatic rings. The topological polar surface area (TPSA) is 111 Å².